The van der Waals surface area contributed by atoms with E-state index in [1.165, 1.54) is 11.3 Å². The van der Waals surface area contributed by atoms with Gasteiger partial charge in [-0.05, 0) is 35.7 Å². The summed E-state index contributed by atoms with van der Waals surface area (Å²) in [5.74, 6) is 0.670. The predicted molar refractivity (Wildman–Crippen MR) is 80.2 cm³/mol. The second kappa shape index (κ2) is 6.07. The summed E-state index contributed by atoms with van der Waals surface area (Å²) in [5, 5.41) is 9.12. The van der Waals surface area contributed by atoms with Gasteiger partial charge in [-0.1, -0.05) is 22.8 Å². The van der Waals surface area contributed by atoms with Gasteiger partial charge < -0.3 is 9.84 Å². The van der Waals surface area contributed by atoms with E-state index in [1.54, 1.807) is 24.3 Å². The molecule has 1 aromatic carbocycles. The number of nitrogens with zero attached hydrogens (tertiary/aromatic N) is 2. The molecule has 106 valence electrons. The van der Waals surface area contributed by atoms with Crippen LogP contribution in [-0.2, 0) is 6.54 Å². The zero-order valence-corrected chi connectivity index (χ0v) is 12.3. The first-order valence-corrected chi connectivity index (χ1v) is 7.38. The van der Waals surface area contributed by atoms with Gasteiger partial charge in [0.2, 0.25) is 11.7 Å². The van der Waals surface area contributed by atoms with Gasteiger partial charge in [0.15, 0.2) is 0 Å². The average molecular weight is 320 g/mol. The molecule has 3 rings (SSSR count). The summed E-state index contributed by atoms with van der Waals surface area (Å²) in [4.78, 5) is 17.1. The van der Waals surface area contributed by atoms with Crippen LogP contribution in [0.15, 0.2) is 46.3 Å². The Kier molecular flexibility index (Phi) is 3.98. The molecule has 0 aliphatic rings. The van der Waals surface area contributed by atoms with Gasteiger partial charge in [0.25, 0.3) is 5.91 Å². The molecule has 0 aliphatic heterocycles. The van der Waals surface area contributed by atoms with Crippen LogP contribution in [-0.4, -0.2) is 16.0 Å². The lowest BCUT2D eigenvalue weighted by atomic mass is 10.2. The number of rotatable bonds is 4. The first kappa shape index (κ1) is 13.8. The third-order valence-corrected chi connectivity index (χ3v) is 3.83. The van der Waals surface area contributed by atoms with Crippen LogP contribution in [0.25, 0.3) is 10.7 Å². The molecule has 0 radical (unpaired) electrons. The molecular weight excluding hydrogens is 310 g/mol. The van der Waals surface area contributed by atoms with Crippen LogP contribution in [0.1, 0.15) is 16.2 Å². The molecule has 1 amide bonds. The standard InChI is InChI=1S/C14H10ClN3O2S/c15-10-5-3-9(4-6-10)14(19)16-8-12-17-13(18-20-12)11-2-1-7-21-11/h1-7H,8H2,(H,16,19). The zero-order valence-electron chi connectivity index (χ0n) is 10.7. The smallest absolute Gasteiger partial charge is 0.251 e. The first-order chi connectivity index (χ1) is 10.2. The van der Waals surface area contributed by atoms with E-state index in [2.05, 4.69) is 15.5 Å². The molecule has 0 fully saturated rings. The highest BCUT2D eigenvalue weighted by Gasteiger charge is 2.11. The highest BCUT2D eigenvalue weighted by molar-refractivity contribution is 7.13. The molecule has 7 heteroatoms. The van der Waals surface area contributed by atoms with E-state index in [4.69, 9.17) is 16.1 Å². The number of aromatic nitrogens is 2. The van der Waals surface area contributed by atoms with E-state index in [0.717, 1.165) is 4.88 Å². The van der Waals surface area contributed by atoms with Gasteiger partial charge in [-0.25, -0.2) is 0 Å². The number of nitrogens with one attached hydrogen (secondary N) is 1. The molecule has 21 heavy (non-hydrogen) atoms. The summed E-state index contributed by atoms with van der Waals surface area (Å²) in [5.41, 5.74) is 0.525. The van der Waals surface area contributed by atoms with Crippen LogP contribution in [0.5, 0.6) is 0 Å². The van der Waals surface area contributed by atoms with Crippen LogP contribution < -0.4 is 5.32 Å². The van der Waals surface area contributed by atoms with Crippen LogP contribution in [0.4, 0.5) is 0 Å². The van der Waals surface area contributed by atoms with Crippen molar-refractivity contribution in [2.45, 2.75) is 6.54 Å². The van der Waals surface area contributed by atoms with E-state index >= 15 is 0 Å². The first-order valence-electron chi connectivity index (χ1n) is 6.12. The van der Waals surface area contributed by atoms with Crippen molar-refractivity contribution in [2.75, 3.05) is 0 Å². The number of hydrogen-bond donors (Lipinski definition) is 1. The number of thiophene rings is 1. The Morgan fingerprint density at radius 2 is 2.10 bits per heavy atom. The van der Waals surface area contributed by atoms with Gasteiger partial charge in [-0.2, -0.15) is 4.98 Å². The Morgan fingerprint density at radius 1 is 1.29 bits per heavy atom. The third kappa shape index (κ3) is 3.29. The van der Waals surface area contributed by atoms with Crippen molar-refractivity contribution in [3.63, 3.8) is 0 Å². The topological polar surface area (TPSA) is 68.0 Å². The quantitative estimate of drug-likeness (QED) is 0.800. The van der Waals surface area contributed by atoms with Crippen molar-refractivity contribution in [1.29, 1.82) is 0 Å². The van der Waals surface area contributed by atoms with Crippen molar-refractivity contribution in [2.24, 2.45) is 0 Å². The maximum Gasteiger partial charge on any atom is 0.251 e. The molecule has 3 aromatic rings. The average Bonchev–Trinajstić information content (AvgIpc) is 3.16. The number of halogens is 1. The largest absolute Gasteiger partial charge is 0.343 e. The minimum Gasteiger partial charge on any atom is -0.343 e. The van der Waals surface area contributed by atoms with Gasteiger partial charge in [0.05, 0.1) is 11.4 Å². The molecule has 0 spiro atoms. The third-order valence-electron chi connectivity index (χ3n) is 2.72. The fourth-order valence-corrected chi connectivity index (χ4v) is 2.47. The summed E-state index contributed by atoms with van der Waals surface area (Å²) in [6.07, 6.45) is 0. The van der Waals surface area contributed by atoms with Gasteiger partial charge in [0.1, 0.15) is 0 Å². The zero-order chi connectivity index (χ0) is 14.7. The van der Waals surface area contributed by atoms with E-state index in [0.29, 0.717) is 22.3 Å². The molecule has 1 N–H and O–H groups in total. The van der Waals surface area contributed by atoms with Gasteiger partial charge >= 0.3 is 0 Å². The number of benzene rings is 1. The van der Waals surface area contributed by atoms with Crippen molar-refractivity contribution in [3.8, 4) is 10.7 Å². The van der Waals surface area contributed by atoms with E-state index in [-0.39, 0.29) is 12.5 Å². The molecule has 0 bridgehead atoms. The molecular formula is C14H10ClN3O2S. The molecule has 0 atom stereocenters. The summed E-state index contributed by atoms with van der Waals surface area (Å²) in [6.45, 7) is 0.180. The molecule has 0 saturated carbocycles. The maximum absolute atomic E-state index is 11.9. The lowest BCUT2D eigenvalue weighted by Crippen LogP contribution is -2.22. The van der Waals surface area contributed by atoms with Crippen LogP contribution >= 0.6 is 22.9 Å². The Labute approximate surface area is 129 Å². The Hall–Kier alpha value is -2.18. The van der Waals surface area contributed by atoms with Crippen molar-refractivity contribution in [3.05, 3.63) is 58.3 Å². The fraction of sp³-hybridized carbons (Fsp3) is 0.0714. The molecule has 2 heterocycles. The fourth-order valence-electron chi connectivity index (χ4n) is 1.69. The Bertz CT molecular complexity index is 738. The molecule has 2 aromatic heterocycles. The minimum atomic E-state index is -0.220. The summed E-state index contributed by atoms with van der Waals surface area (Å²) < 4.78 is 5.10. The van der Waals surface area contributed by atoms with Crippen molar-refractivity contribution >= 4 is 28.8 Å². The van der Waals surface area contributed by atoms with Crippen LogP contribution in [0.2, 0.25) is 5.02 Å². The minimum absolute atomic E-state index is 0.180. The van der Waals surface area contributed by atoms with E-state index < -0.39 is 0 Å². The van der Waals surface area contributed by atoms with E-state index in [1.807, 2.05) is 17.5 Å². The number of amides is 1. The summed E-state index contributed by atoms with van der Waals surface area (Å²) >= 11 is 7.30. The highest BCUT2D eigenvalue weighted by atomic mass is 35.5. The Balaban J connectivity index is 1.62. The highest BCUT2D eigenvalue weighted by Crippen LogP contribution is 2.21. The number of carbonyl (C=O) groups excluding carboxylic acids is 1. The molecule has 0 saturated heterocycles. The second-order valence-corrected chi connectivity index (χ2v) is 5.56. The molecule has 5 nitrogen and oxygen atoms in total. The normalized spacial score (nSPS) is 10.5. The SMILES string of the molecule is O=C(NCc1nc(-c2cccs2)no1)c1ccc(Cl)cc1. The molecule has 0 unspecified atom stereocenters. The summed E-state index contributed by atoms with van der Waals surface area (Å²) in [7, 11) is 0. The monoisotopic (exact) mass is 319 g/mol. The predicted octanol–water partition coefficient (Wildman–Crippen LogP) is 3.38. The van der Waals surface area contributed by atoms with Crippen LogP contribution in [0, 0.1) is 0 Å². The lowest BCUT2D eigenvalue weighted by molar-refractivity contribution is 0.0946. The van der Waals surface area contributed by atoms with Crippen molar-refractivity contribution in [1.82, 2.24) is 15.5 Å². The van der Waals surface area contributed by atoms with E-state index in [9.17, 15) is 4.79 Å². The van der Waals surface area contributed by atoms with Gasteiger partial charge in [-0.15, -0.1) is 11.3 Å². The second-order valence-electron chi connectivity index (χ2n) is 4.18. The van der Waals surface area contributed by atoms with Gasteiger partial charge in [0, 0.05) is 10.6 Å². The molecule has 0 aliphatic carbocycles. The maximum atomic E-state index is 11.9. The Morgan fingerprint density at radius 3 is 2.81 bits per heavy atom. The number of hydrogen-bond acceptors (Lipinski definition) is 5. The number of carbonyl (C=O) groups is 1. The lowest BCUT2D eigenvalue weighted by Gasteiger charge is -2.01. The van der Waals surface area contributed by atoms with Crippen molar-refractivity contribution < 1.29 is 9.32 Å². The van der Waals surface area contributed by atoms with Crippen LogP contribution in [0.3, 0.4) is 0 Å². The summed E-state index contributed by atoms with van der Waals surface area (Å²) in [6, 6.07) is 10.5. The van der Waals surface area contributed by atoms with Gasteiger partial charge in [-0.3, -0.25) is 4.79 Å².